The van der Waals surface area contributed by atoms with Crippen molar-refractivity contribution < 1.29 is 9.53 Å². The molecule has 25 heavy (non-hydrogen) atoms. The van der Waals surface area contributed by atoms with Crippen LogP contribution in [0.1, 0.15) is 64.5 Å². The van der Waals surface area contributed by atoms with Crippen LogP contribution in [0.5, 0.6) is 0 Å². The third kappa shape index (κ3) is 5.56. The van der Waals surface area contributed by atoms with Crippen molar-refractivity contribution in [3.63, 3.8) is 0 Å². The molecule has 0 spiro atoms. The maximum absolute atomic E-state index is 12.3. The number of fused-ring (bicyclic) bond motifs is 1. The van der Waals surface area contributed by atoms with Gasteiger partial charge in [-0.15, -0.1) is 0 Å². The standard InChI is InChI=1S/C18H30N4O3/c1-11(2)15-20-14-7-8-22(10-13(14)16(23)21-15)9-12(3)19-17(24)25-18(4,5)6/h11-12H,7-10H2,1-6H3,(H,19,24)(H,20,21,23). The van der Waals surface area contributed by atoms with Crippen LogP contribution < -0.4 is 10.9 Å². The molecule has 1 aromatic rings. The van der Waals surface area contributed by atoms with Crippen LogP contribution >= 0.6 is 0 Å². The molecule has 1 atom stereocenters. The molecule has 140 valence electrons. The van der Waals surface area contributed by atoms with Gasteiger partial charge in [0.1, 0.15) is 11.4 Å². The number of hydrogen-bond acceptors (Lipinski definition) is 5. The number of aromatic amines is 1. The number of alkyl carbamates (subject to hydrolysis) is 1. The molecule has 0 aromatic carbocycles. The van der Waals surface area contributed by atoms with E-state index in [1.54, 1.807) is 0 Å². The summed E-state index contributed by atoms with van der Waals surface area (Å²) < 4.78 is 5.27. The quantitative estimate of drug-likeness (QED) is 0.869. The lowest BCUT2D eigenvalue weighted by molar-refractivity contribution is 0.0495. The first-order chi connectivity index (χ1) is 11.5. The molecule has 1 aliphatic rings. The van der Waals surface area contributed by atoms with Gasteiger partial charge in [0, 0.05) is 38.0 Å². The number of aromatic nitrogens is 2. The highest BCUT2D eigenvalue weighted by Gasteiger charge is 2.24. The molecule has 0 saturated carbocycles. The van der Waals surface area contributed by atoms with Crippen LogP contribution in [0.2, 0.25) is 0 Å². The fourth-order valence-corrected chi connectivity index (χ4v) is 2.87. The summed E-state index contributed by atoms with van der Waals surface area (Å²) in [6.07, 6.45) is 0.330. The molecule has 2 rings (SSSR count). The minimum atomic E-state index is -0.513. The van der Waals surface area contributed by atoms with Crippen LogP contribution in [-0.4, -0.2) is 45.7 Å². The Balaban J connectivity index is 1.97. The molecular weight excluding hydrogens is 320 g/mol. The second-order valence-corrected chi connectivity index (χ2v) is 8.06. The predicted molar refractivity (Wildman–Crippen MR) is 96.8 cm³/mol. The number of nitrogens with one attached hydrogen (secondary N) is 2. The van der Waals surface area contributed by atoms with Gasteiger partial charge in [-0.05, 0) is 27.7 Å². The largest absolute Gasteiger partial charge is 0.444 e. The predicted octanol–water partition coefficient (Wildman–Crippen LogP) is 2.16. The number of hydrogen-bond donors (Lipinski definition) is 2. The van der Waals surface area contributed by atoms with Crippen LogP contribution in [0.15, 0.2) is 4.79 Å². The first-order valence-corrected chi connectivity index (χ1v) is 8.89. The summed E-state index contributed by atoms with van der Waals surface area (Å²) >= 11 is 0. The molecule has 1 amide bonds. The highest BCUT2D eigenvalue weighted by atomic mass is 16.6. The van der Waals surface area contributed by atoms with E-state index < -0.39 is 11.7 Å². The average Bonchev–Trinajstić information content (AvgIpc) is 2.45. The Morgan fingerprint density at radius 1 is 1.36 bits per heavy atom. The van der Waals surface area contributed by atoms with Gasteiger partial charge in [0.25, 0.3) is 5.56 Å². The first kappa shape index (κ1) is 19.4. The van der Waals surface area contributed by atoms with E-state index in [1.165, 1.54) is 0 Å². The number of rotatable bonds is 4. The van der Waals surface area contributed by atoms with E-state index in [1.807, 2.05) is 41.5 Å². The number of carbonyl (C=O) groups excluding carboxylic acids is 1. The first-order valence-electron chi connectivity index (χ1n) is 8.89. The summed E-state index contributed by atoms with van der Waals surface area (Å²) in [6, 6.07) is -0.0709. The van der Waals surface area contributed by atoms with Gasteiger partial charge in [0.15, 0.2) is 0 Å². The summed E-state index contributed by atoms with van der Waals surface area (Å²) in [5.74, 6) is 0.950. The molecule has 2 N–H and O–H groups in total. The molecule has 0 fully saturated rings. The zero-order valence-electron chi connectivity index (χ0n) is 16.1. The third-order valence-electron chi connectivity index (χ3n) is 4.01. The summed E-state index contributed by atoms with van der Waals surface area (Å²) in [5, 5.41) is 2.84. The van der Waals surface area contributed by atoms with E-state index in [0.717, 1.165) is 30.0 Å². The fraction of sp³-hybridized carbons (Fsp3) is 0.722. The lowest BCUT2D eigenvalue weighted by atomic mass is 10.1. The Morgan fingerprint density at radius 3 is 2.64 bits per heavy atom. The molecule has 0 saturated heterocycles. The van der Waals surface area contributed by atoms with E-state index >= 15 is 0 Å². The lowest BCUT2D eigenvalue weighted by Gasteiger charge is -2.30. The van der Waals surface area contributed by atoms with Gasteiger partial charge < -0.3 is 15.0 Å². The molecule has 7 nitrogen and oxygen atoms in total. The van der Waals surface area contributed by atoms with Crippen LogP contribution in [0.25, 0.3) is 0 Å². The minimum Gasteiger partial charge on any atom is -0.444 e. The number of H-pyrrole nitrogens is 1. The molecule has 0 radical (unpaired) electrons. The highest BCUT2D eigenvalue weighted by molar-refractivity contribution is 5.68. The maximum Gasteiger partial charge on any atom is 0.407 e. The molecule has 1 aromatic heterocycles. The van der Waals surface area contributed by atoms with Crippen molar-refractivity contribution in [2.75, 3.05) is 13.1 Å². The molecule has 0 aliphatic carbocycles. The van der Waals surface area contributed by atoms with E-state index in [4.69, 9.17) is 4.74 Å². The average molecular weight is 350 g/mol. The van der Waals surface area contributed by atoms with Gasteiger partial charge in [-0.25, -0.2) is 9.78 Å². The molecule has 2 heterocycles. The Labute approximate surface area is 149 Å². The molecule has 1 unspecified atom stereocenters. The van der Waals surface area contributed by atoms with Crippen molar-refractivity contribution in [1.82, 2.24) is 20.2 Å². The van der Waals surface area contributed by atoms with Crippen molar-refractivity contribution in [1.29, 1.82) is 0 Å². The summed E-state index contributed by atoms with van der Waals surface area (Å²) in [5.41, 5.74) is 1.07. The molecular formula is C18H30N4O3. The van der Waals surface area contributed by atoms with Gasteiger partial charge in [-0.1, -0.05) is 13.8 Å². The lowest BCUT2D eigenvalue weighted by Crippen LogP contribution is -2.46. The number of nitrogens with zero attached hydrogens (tertiary/aromatic N) is 2. The van der Waals surface area contributed by atoms with Crippen molar-refractivity contribution in [3.8, 4) is 0 Å². The Bertz CT molecular complexity index is 676. The number of amides is 1. The van der Waals surface area contributed by atoms with Gasteiger partial charge in [0.05, 0.1) is 11.3 Å². The van der Waals surface area contributed by atoms with E-state index in [2.05, 4.69) is 20.2 Å². The van der Waals surface area contributed by atoms with Gasteiger partial charge >= 0.3 is 6.09 Å². The van der Waals surface area contributed by atoms with E-state index in [-0.39, 0.29) is 17.5 Å². The van der Waals surface area contributed by atoms with Crippen molar-refractivity contribution in [3.05, 3.63) is 27.4 Å². The summed E-state index contributed by atoms with van der Waals surface area (Å²) in [4.78, 5) is 33.8. The zero-order chi connectivity index (χ0) is 18.8. The monoisotopic (exact) mass is 350 g/mol. The summed E-state index contributed by atoms with van der Waals surface area (Å²) in [6.45, 7) is 13.5. The Morgan fingerprint density at radius 2 is 2.04 bits per heavy atom. The zero-order valence-corrected chi connectivity index (χ0v) is 16.1. The second-order valence-electron chi connectivity index (χ2n) is 8.06. The molecule has 7 heteroatoms. The normalized spacial score (nSPS) is 16.4. The SMILES string of the molecule is CC(CN1CCc2nc(C(C)C)[nH]c(=O)c2C1)NC(=O)OC(C)(C)C. The molecule has 0 bridgehead atoms. The number of ether oxygens (including phenoxy) is 1. The van der Waals surface area contributed by atoms with Gasteiger partial charge in [-0.3, -0.25) is 9.69 Å². The van der Waals surface area contributed by atoms with Gasteiger partial charge in [-0.2, -0.15) is 0 Å². The number of carbonyl (C=O) groups is 1. The van der Waals surface area contributed by atoms with Crippen LogP contribution in [0.3, 0.4) is 0 Å². The smallest absolute Gasteiger partial charge is 0.407 e. The van der Waals surface area contributed by atoms with Crippen LogP contribution in [-0.2, 0) is 17.7 Å². The van der Waals surface area contributed by atoms with E-state index in [0.29, 0.717) is 13.1 Å². The van der Waals surface area contributed by atoms with Crippen LogP contribution in [0.4, 0.5) is 4.79 Å². The van der Waals surface area contributed by atoms with E-state index in [9.17, 15) is 9.59 Å². The Hall–Kier alpha value is -1.89. The minimum absolute atomic E-state index is 0.0499. The van der Waals surface area contributed by atoms with Gasteiger partial charge in [0.2, 0.25) is 0 Å². The topological polar surface area (TPSA) is 87.3 Å². The maximum atomic E-state index is 12.3. The third-order valence-corrected chi connectivity index (χ3v) is 4.01. The second kappa shape index (κ2) is 7.56. The van der Waals surface area contributed by atoms with Crippen molar-refractivity contribution in [2.24, 2.45) is 0 Å². The van der Waals surface area contributed by atoms with Crippen molar-refractivity contribution >= 4 is 6.09 Å². The van der Waals surface area contributed by atoms with Crippen LogP contribution in [0, 0.1) is 0 Å². The highest BCUT2D eigenvalue weighted by Crippen LogP contribution is 2.16. The summed E-state index contributed by atoms with van der Waals surface area (Å²) in [7, 11) is 0. The Kier molecular flexibility index (Phi) is 5.87. The van der Waals surface area contributed by atoms with Crippen molar-refractivity contribution in [2.45, 2.75) is 72.1 Å². The molecule has 1 aliphatic heterocycles. The fourth-order valence-electron chi connectivity index (χ4n) is 2.87.